The minimum Gasteiger partial charge on any atom is -0.394 e. The Morgan fingerprint density at radius 1 is 1.20 bits per heavy atom. The van der Waals surface area contributed by atoms with Crippen LogP contribution in [0.3, 0.4) is 0 Å². The molecule has 0 amide bonds. The smallest absolute Gasteiger partial charge is 0.117 e. The molecule has 6 nitrogen and oxygen atoms in total. The minimum atomic E-state index is 0.0579. The number of hydrogen-bond donors (Lipinski definition) is 2. The number of aryl methyl sites for hydroxylation is 1. The summed E-state index contributed by atoms with van der Waals surface area (Å²) < 4.78 is 5.19. The Morgan fingerprint density at radius 3 is 2.75 bits per heavy atom. The summed E-state index contributed by atoms with van der Waals surface area (Å²) in [6.45, 7) is 2.36. The molecule has 108 valence electrons. The lowest BCUT2D eigenvalue weighted by atomic mass is 10.1. The molecule has 20 heavy (non-hydrogen) atoms. The molecular weight excluding hydrogens is 256 g/mol. The van der Waals surface area contributed by atoms with Gasteiger partial charge in [-0.1, -0.05) is 30.3 Å². The molecule has 0 spiro atoms. The third kappa shape index (κ3) is 4.12. The summed E-state index contributed by atoms with van der Waals surface area (Å²) >= 11 is 0. The van der Waals surface area contributed by atoms with Gasteiger partial charge < -0.3 is 15.2 Å². The lowest BCUT2D eigenvalue weighted by Gasteiger charge is -2.04. The van der Waals surface area contributed by atoms with E-state index in [1.165, 1.54) is 0 Å². The van der Waals surface area contributed by atoms with Crippen LogP contribution in [0.1, 0.15) is 5.69 Å². The van der Waals surface area contributed by atoms with E-state index in [4.69, 9.17) is 9.84 Å². The summed E-state index contributed by atoms with van der Waals surface area (Å²) in [7, 11) is 1.82. The fourth-order valence-electron chi connectivity index (χ4n) is 1.90. The van der Waals surface area contributed by atoms with Crippen LogP contribution in [0.2, 0.25) is 0 Å². The molecule has 1 aromatic carbocycles. The molecule has 1 heterocycles. The highest BCUT2D eigenvalue weighted by Crippen LogP contribution is 2.19. The molecule has 0 atom stereocenters. The lowest BCUT2D eigenvalue weighted by Crippen LogP contribution is -2.20. The van der Waals surface area contributed by atoms with Crippen molar-refractivity contribution in [2.75, 3.05) is 26.4 Å². The van der Waals surface area contributed by atoms with Gasteiger partial charge in [0.2, 0.25) is 0 Å². The Labute approximate surface area is 118 Å². The van der Waals surface area contributed by atoms with Crippen LogP contribution in [0.25, 0.3) is 11.3 Å². The fourth-order valence-corrected chi connectivity index (χ4v) is 1.90. The summed E-state index contributed by atoms with van der Waals surface area (Å²) in [5, 5.41) is 20.7. The predicted octanol–water partition coefficient (Wildman–Crippen LogP) is 0.581. The van der Waals surface area contributed by atoms with Crippen molar-refractivity contribution < 1.29 is 9.84 Å². The second-order valence-electron chi connectivity index (χ2n) is 4.36. The molecule has 0 aliphatic heterocycles. The van der Waals surface area contributed by atoms with E-state index in [1.54, 1.807) is 4.80 Å². The van der Waals surface area contributed by atoms with Crippen LogP contribution in [0.5, 0.6) is 0 Å². The maximum Gasteiger partial charge on any atom is 0.117 e. The molecule has 1 aromatic heterocycles. The Bertz CT molecular complexity index is 513. The Morgan fingerprint density at radius 2 is 2.00 bits per heavy atom. The zero-order valence-electron chi connectivity index (χ0n) is 11.6. The summed E-state index contributed by atoms with van der Waals surface area (Å²) in [5.41, 5.74) is 2.88. The summed E-state index contributed by atoms with van der Waals surface area (Å²) in [6.07, 6.45) is 0. The van der Waals surface area contributed by atoms with Gasteiger partial charge >= 0.3 is 0 Å². The number of hydrogen-bond acceptors (Lipinski definition) is 5. The molecule has 0 aliphatic rings. The molecule has 0 radical (unpaired) electrons. The SMILES string of the molecule is Cn1nc(CNCCOCCO)c(-c2ccccc2)n1. The van der Waals surface area contributed by atoms with E-state index in [0.29, 0.717) is 26.3 Å². The molecule has 2 aromatic rings. The van der Waals surface area contributed by atoms with Gasteiger partial charge in [0, 0.05) is 25.7 Å². The summed E-state index contributed by atoms with van der Waals surface area (Å²) in [4.78, 5) is 1.58. The molecule has 6 heteroatoms. The van der Waals surface area contributed by atoms with Crippen LogP contribution < -0.4 is 5.32 Å². The molecule has 0 fully saturated rings. The Kier molecular flexibility index (Phi) is 5.67. The van der Waals surface area contributed by atoms with E-state index in [2.05, 4.69) is 15.5 Å². The van der Waals surface area contributed by atoms with Gasteiger partial charge in [-0.3, -0.25) is 0 Å². The summed E-state index contributed by atoms with van der Waals surface area (Å²) in [6, 6.07) is 10.0. The van der Waals surface area contributed by atoms with Gasteiger partial charge in [-0.05, 0) is 0 Å². The van der Waals surface area contributed by atoms with E-state index >= 15 is 0 Å². The molecule has 0 bridgehead atoms. The van der Waals surface area contributed by atoms with Crippen molar-refractivity contribution >= 4 is 0 Å². The first-order chi connectivity index (χ1) is 9.81. The molecule has 0 aliphatic carbocycles. The highest BCUT2D eigenvalue weighted by Gasteiger charge is 2.10. The average molecular weight is 276 g/mol. The zero-order valence-corrected chi connectivity index (χ0v) is 11.6. The number of nitrogens with one attached hydrogen (secondary N) is 1. The average Bonchev–Trinajstić information content (AvgIpc) is 2.85. The van der Waals surface area contributed by atoms with Gasteiger partial charge in [-0.15, -0.1) is 0 Å². The van der Waals surface area contributed by atoms with Crippen LogP contribution >= 0.6 is 0 Å². The first kappa shape index (κ1) is 14.6. The van der Waals surface area contributed by atoms with Gasteiger partial charge in [0.1, 0.15) is 11.4 Å². The van der Waals surface area contributed by atoms with E-state index in [1.807, 2.05) is 37.4 Å². The third-order valence-corrected chi connectivity index (χ3v) is 2.78. The lowest BCUT2D eigenvalue weighted by molar-refractivity contribution is 0.0937. The summed E-state index contributed by atoms with van der Waals surface area (Å²) in [5.74, 6) is 0. The molecule has 0 saturated heterocycles. The van der Waals surface area contributed by atoms with Crippen LogP contribution in [-0.2, 0) is 18.3 Å². The second kappa shape index (κ2) is 7.74. The molecule has 0 saturated carbocycles. The Hall–Kier alpha value is -1.76. The number of rotatable bonds is 8. The quantitative estimate of drug-likeness (QED) is 0.690. The molecule has 2 N–H and O–H groups in total. The first-order valence-corrected chi connectivity index (χ1v) is 6.66. The number of aliphatic hydroxyl groups excluding tert-OH is 1. The normalized spacial score (nSPS) is 10.9. The number of ether oxygens (including phenoxy) is 1. The van der Waals surface area contributed by atoms with Crippen molar-refractivity contribution in [1.29, 1.82) is 0 Å². The van der Waals surface area contributed by atoms with Crippen molar-refractivity contribution in [2.24, 2.45) is 7.05 Å². The molecular formula is C14H20N4O2. The largest absolute Gasteiger partial charge is 0.394 e. The predicted molar refractivity (Wildman–Crippen MR) is 76.1 cm³/mol. The van der Waals surface area contributed by atoms with Gasteiger partial charge in [0.15, 0.2) is 0 Å². The standard InChI is InChI=1S/C14H20N4O2/c1-18-16-13(11-15-7-9-20-10-8-19)14(17-18)12-5-3-2-4-6-12/h2-6,15,19H,7-11H2,1H3. The number of benzene rings is 1. The monoisotopic (exact) mass is 276 g/mol. The van der Waals surface area contributed by atoms with Crippen LogP contribution in [0.4, 0.5) is 0 Å². The third-order valence-electron chi connectivity index (χ3n) is 2.78. The number of aliphatic hydroxyl groups is 1. The van der Waals surface area contributed by atoms with Crippen molar-refractivity contribution in [3.8, 4) is 11.3 Å². The number of nitrogens with zero attached hydrogens (tertiary/aromatic N) is 3. The van der Waals surface area contributed by atoms with E-state index in [0.717, 1.165) is 17.0 Å². The topological polar surface area (TPSA) is 72.2 Å². The van der Waals surface area contributed by atoms with Gasteiger partial charge in [-0.25, -0.2) is 0 Å². The first-order valence-electron chi connectivity index (χ1n) is 6.66. The fraction of sp³-hybridized carbons (Fsp3) is 0.429. The zero-order chi connectivity index (χ0) is 14.2. The van der Waals surface area contributed by atoms with Crippen LogP contribution in [0, 0.1) is 0 Å². The van der Waals surface area contributed by atoms with E-state index in [9.17, 15) is 0 Å². The van der Waals surface area contributed by atoms with Crippen molar-refractivity contribution in [2.45, 2.75) is 6.54 Å². The molecule has 2 rings (SSSR count). The highest BCUT2D eigenvalue weighted by molar-refractivity contribution is 5.60. The maximum absolute atomic E-state index is 8.60. The van der Waals surface area contributed by atoms with Crippen molar-refractivity contribution in [3.05, 3.63) is 36.0 Å². The van der Waals surface area contributed by atoms with Crippen molar-refractivity contribution in [1.82, 2.24) is 20.3 Å². The van der Waals surface area contributed by atoms with Gasteiger partial charge in [0.25, 0.3) is 0 Å². The number of aromatic nitrogens is 3. The van der Waals surface area contributed by atoms with E-state index < -0.39 is 0 Å². The van der Waals surface area contributed by atoms with Gasteiger partial charge in [0.05, 0.1) is 19.8 Å². The van der Waals surface area contributed by atoms with Gasteiger partial charge in [-0.2, -0.15) is 15.0 Å². The molecule has 0 unspecified atom stereocenters. The van der Waals surface area contributed by atoms with Crippen LogP contribution in [0.15, 0.2) is 30.3 Å². The highest BCUT2D eigenvalue weighted by atomic mass is 16.5. The van der Waals surface area contributed by atoms with E-state index in [-0.39, 0.29) is 6.61 Å². The minimum absolute atomic E-state index is 0.0579. The second-order valence-corrected chi connectivity index (χ2v) is 4.36. The maximum atomic E-state index is 8.60. The van der Waals surface area contributed by atoms with Crippen molar-refractivity contribution in [3.63, 3.8) is 0 Å². The Balaban J connectivity index is 1.92. The van der Waals surface area contributed by atoms with Crippen LogP contribution in [-0.4, -0.2) is 46.5 Å².